The number of rotatable bonds is 7. The van der Waals surface area contributed by atoms with Crippen molar-refractivity contribution in [2.45, 2.75) is 24.3 Å². The molecule has 0 amide bonds. The average molecular weight is 431 g/mol. The SMILES string of the molecule is FC(F)Oc1cccc(-c2csc(CSCc3cccc(C(F)(F)F)c3)n2)c1. The highest BCUT2D eigenvalue weighted by Crippen LogP contribution is 2.31. The Kier molecular flexibility index (Phi) is 6.56. The maximum Gasteiger partial charge on any atom is 0.416 e. The van der Waals surface area contributed by atoms with E-state index in [9.17, 15) is 22.0 Å². The van der Waals surface area contributed by atoms with Crippen molar-refractivity contribution in [3.05, 3.63) is 70.0 Å². The lowest BCUT2D eigenvalue weighted by Gasteiger charge is -2.08. The molecule has 0 saturated carbocycles. The lowest BCUT2D eigenvalue weighted by molar-refractivity contribution is -0.137. The first kappa shape index (κ1) is 20.6. The van der Waals surface area contributed by atoms with Crippen LogP contribution in [0.25, 0.3) is 11.3 Å². The summed E-state index contributed by atoms with van der Waals surface area (Å²) in [6.45, 7) is -2.89. The number of hydrogen-bond donors (Lipinski definition) is 0. The topological polar surface area (TPSA) is 22.1 Å². The van der Waals surface area contributed by atoms with E-state index in [1.807, 2.05) is 5.38 Å². The number of nitrogens with zero attached hydrogens (tertiary/aromatic N) is 1. The molecule has 0 saturated heterocycles. The van der Waals surface area contributed by atoms with Crippen LogP contribution in [0.1, 0.15) is 16.1 Å². The van der Waals surface area contributed by atoms with Gasteiger partial charge in [-0.3, -0.25) is 0 Å². The highest BCUT2D eigenvalue weighted by Gasteiger charge is 2.30. The predicted octanol–water partition coefficient (Wildman–Crippen LogP) is 6.86. The smallest absolute Gasteiger partial charge is 0.416 e. The third-order valence-electron chi connectivity index (χ3n) is 3.66. The summed E-state index contributed by atoms with van der Waals surface area (Å²) in [7, 11) is 0. The van der Waals surface area contributed by atoms with Crippen molar-refractivity contribution in [1.82, 2.24) is 4.98 Å². The predicted molar refractivity (Wildman–Crippen MR) is 101 cm³/mol. The largest absolute Gasteiger partial charge is 0.435 e. The van der Waals surface area contributed by atoms with E-state index in [-0.39, 0.29) is 5.75 Å². The van der Waals surface area contributed by atoms with Crippen LogP contribution in [0.4, 0.5) is 22.0 Å². The number of thioether (sulfide) groups is 1. The van der Waals surface area contributed by atoms with Gasteiger partial charge in [0.2, 0.25) is 0 Å². The molecule has 0 unspecified atom stereocenters. The molecule has 0 aliphatic carbocycles. The zero-order valence-electron chi connectivity index (χ0n) is 14.2. The van der Waals surface area contributed by atoms with E-state index in [1.165, 1.54) is 41.3 Å². The summed E-state index contributed by atoms with van der Waals surface area (Å²) >= 11 is 2.86. The summed E-state index contributed by atoms with van der Waals surface area (Å²) in [6.07, 6.45) is -4.35. The molecule has 9 heteroatoms. The molecule has 0 bridgehead atoms. The number of benzene rings is 2. The summed E-state index contributed by atoms with van der Waals surface area (Å²) < 4.78 is 67.3. The first-order valence-electron chi connectivity index (χ1n) is 8.05. The number of ether oxygens (including phenoxy) is 1. The number of thiazole rings is 1. The van der Waals surface area contributed by atoms with Crippen LogP contribution in [0.5, 0.6) is 5.75 Å². The Labute approximate surface area is 166 Å². The van der Waals surface area contributed by atoms with Crippen LogP contribution in [-0.2, 0) is 17.7 Å². The second-order valence-corrected chi connectivity index (χ2v) is 7.65. The van der Waals surface area contributed by atoms with Gasteiger partial charge in [0.05, 0.1) is 11.3 Å². The molecule has 0 atom stereocenters. The lowest BCUT2D eigenvalue weighted by Crippen LogP contribution is -2.04. The summed E-state index contributed by atoms with van der Waals surface area (Å²) in [4.78, 5) is 4.46. The maximum atomic E-state index is 12.8. The van der Waals surface area contributed by atoms with E-state index in [1.54, 1.807) is 18.2 Å². The second kappa shape index (κ2) is 8.91. The van der Waals surface area contributed by atoms with E-state index in [4.69, 9.17) is 0 Å². The van der Waals surface area contributed by atoms with Crippen molar-refractivity contribution in [3.63, 3.8) is 0 Å². The van der Waals surface area contributed by atoms with Crippen LogP contribution in [0.15, 0.2) is 53.9 Å². The molecule has 0 N–H and O–H groups in total. The Morgan fingerprint density at radius 3 is 2.57 bits per heavy atom. The van der Waals surface area contributed by atoms with Crippen molar-refractivity contribution in [2.24, 2.45) is 0 Å². The minimum atomic E-state index is -4.35. The van der Waals surface area contributed by atoms with E-state index in [0.29, 0.717) is 28.3 Å². The van der Waals surface area contributed by atoms with Gasteiger partial charge in [0, 0.05) is 22.4 Å². The maximum absolute atomic E-state index is 12.8. The van der Waals surface area contributed by atoms with E-state index < -0.39 is 18.4 Å². The van der Waals surface area contributed by atoms with Crippen LogP contribution < -0.4 is 4.74 Å². The quantitative estimate of drug-likeness (QED) is 0.382. The average Bonchev–Trinajstić information content (AvgIpc) is 3.10. The monoisotopic (exact) mass is 431 g/mol. The first-order chi connectivity index (χ1) is 13.3. The zero-order valence-corrected chi connectivity index (χ0v) is 15.9. The second-order valence-electron chi connectivity index (χ2n) is 5.72. The molecule has 2 nitrogen and oxygen atoms in total. The van der Waals surface area contributed by atoms with Crippen LogP contribution in [-0.4, -0.2) is 11.6 Å². The minimum absolute atomic E-state index is 0.0565. The zero-order chi connectivity index (χ0) is 20.1. The van der Waals surface area contributed by atoms with Gasteiger partial charge in [0.1, 0.15) is 10.8 Å². The third kappa shape index (κ3) is 5.68. The molecular formula is C19H14F5NOS2. The van der Waals surface area contributed by atoms with E-state index in [0.717, 1.165) is 17.1 Å². The highest BCUT2D eigenvalue weighted by molar-refractivity contribution is 7.97. The van der Waals surface area contributed by atoms with Gasteiger partial charge in [0.15, 0.2) is 0 Å². The van der Waals surface area contributed by atoms with Crippen molar-refractivity contribution in [2.75, 3.05) is 0 Å². The Hall–Kier alpha value is -2.13. The molecule has 28 heavy (non-hydrogen) atoms. The van der Waals surface area contributed by atoms with Gasteiger partial charge in [-0.15, -0.1) is 23.1 Å². The summed E-state index contributed by atoms with van der Waals surface area (Å²) in [6, 6.07) is 11.5. The van der Waals surface area contributed by atoms with Crippen LogP contribution in [0, 0.1) is 0 Å². The molecule has 3 rings (SSSR count). The molecule has 148 valence electrons. The van der Waals surface area contributed by atoms with Gasteiger partial charge in [0.25, 0.3) is 0 Å². The lowest BCUT2D eigenvalue weighted by atomic mass is 10.1. The molecule has 0 aliphatic rings. The Bertz CT molecular complexity index is 926. The van der Waals surface area contributed by atoms with Gasteiger partial charge in [-0.05, 0) is 23.8 Å². The number of hydrogen-bond acceptors (Lipinski definition) is 4. The van der Waals surface area contributed by atoms with Crippen molar-refractivity contribution in [3.8, 4) is 17.0 Å². The number of aromatic nitrogens is 1. The Balaban J connectivity index is 1.60. The molecular weight excluding hydrogens is 417 g/mol. The van der Waals surface area contributed by atoms with Gasteiger partial charge >= 0.3 is 12.8 Å². The molecule has 0 fully saturated rings. The Morgan fingerprint density at radius 2 is 1.82 bits per heavy atom. The molecule has 0 radical (unpaired) electrons. The number of halogens is 5. The number of alkyl halides is 5. The molecule has 0 aliphatic heterocycles. The van der Waals surface area contributed by atoms with Crippen molar-refractivity contribution in [1.29, 1.82) is 0 Å². The Morgan fingerprint density at radius 1 is 1.04 bits per heavy atom. The molecule has 0 spiro atoms. The molecule has 2 aromatic carbocycles. The fourth-order valence-corrected chi connectivity index (χ4v) is 4.30. The van der Waals surface area contributed by atoms with E-state index >= 15 is 0 Å². The van der Waals surface area contributed by atoms with Gasteiger partial charge in [-0.25, -0.2) is 4.98 Å². The summed E-state index contributed by atoms with van der Waals surface area (Å²) in [5.41, 5.74) is 1.23. The van der Waals surface area contributed by atoms with Crippen LogP contribution in [0.3, 0.4) is 0 Å². The molecule has 1 heterocycles. The van der Waals surface area contributed by atoms with Crippen LogP contribution in [0.2, 0.25) is 0 Å². The first-order valence-corrected chi connectivity index (χ1v) is 10.1. The van der Waals surface area contributed by atoms with Gasteiger partial charge in [-0.2, -0.15) is 22.0 Å². The van der Waals surface area contributed by atoms with Crippen molar-refractivity contribution < 1.29 is 26.7 Å². The van der Waals surface area contributed by atoms with Gasteiger partial charge < -0.3 is 4.74 Å². The molecule has 1 aromatic heterocycles. The van der Waals surface area contributed by atoms with Crippen LogP contribution >= 0.6 is 23.1 Å². The summed E-state index contributed by atoms with van der Waals surface area (Å²) in [5.74, 6) is 1.02. The standard InChI is InChI=1S/C19H14F5NOS2/c20-18(21)26-15-6-2-4-13(8-15)16-10-28-17(25-16)11-27-9-12-3-1-5-14(7-12)19(22,23)24/h1-8,10,18H,9,11H2. The third-order valence-corrected chi connectivity index (χ3v) is 5.70. The fourth-order valence-electron chi connectivity index (χ4n) is 2.44. The normalized spacial score (nSPS) is 11.8. The molecule has 3 aromatic rings. The summed E-state index contributed by atoms with van der Waals surface area (Å²) in [5, 5.41) is 2.61. The fraction of sp³-hybridized carbons (Fsp3) is 0.211. The highest BCUT2D eigenvalue weighted by atomic mass is 32.2. The van der Waals surface area contributed by atoms with Gasteiger partial charge in [-0.1, -0.05) is 30.3 Å². The minimum Gasteiger partial charge on any atom is -0.435 e. The van der Waals surface area contributed by atoms with Crippen molar-refractivity contribution >= 4 is 23.1 Å². The van der Waals surface area contributed by atoms with E-state index in [2.05, 4.69) is 9.72 Å².